The molecule has 0 aliphatic heterocycles. The van der Waals surface area contributed by atoms with Crippen molar-refractivity contribution in [3.63, 3.8) is 0 Å². The van der Waals surface area contributed by atoms with Crippen LogP contribution >= 0.6 is 0 Å². The predicted molar refractivity (Wildman–Crippen MR) is 52.9 cm³/mol. The molecule has 1 heteroatoms. The number of terminal acetylenes is 1. The first-order chi connectivity index (χ1) is 5.83. The highest BCUT2D eigenvalue weighted by Gasteiger charge is 2.30. The minimum Gasteiger partial charge on any atom is -0.319 e. The Balaban J connectivity index is 2.51. The van der Waals surface area contributed by atoms with Gasteiger partial charge in [0.05, 0.1) is 0 Å². The zero-order chi connectivity index (χ0) is 8.86. The molecule has 0 saturated heterocycles. The van der Waals surface area contributed by atoms with Crippen molar-refractivity contribution in [2.75, 3.05) is 13.6 Å². The lowest BCUT2D eigenvalue weighted by molar-refractivity contribution is 0.192. The lowest BCUT2D eigenvalue weighted by Gasteiger charge is -2.35. The molecule has 1 nitrogen and oxygen atoms in total. The van der Waals surface area contributed by atoms with Crippen LogP contribution in [0.3, 0.4) is 0 Å². The molecular formula is C11H19N. The summed E-state index contributed by atoms with van der Waals surface area (Å²) in [5, 5.41) is 3.27. The number of hydrogen-bond donors (Lipinski definition) is 1. The van der Waals surface area contributed by atoms with E-state index in [1.54, 1.807) is 0 Å². The van der Waals surface area contributed by atoms with Gasteiger partial charge in [-0.1, -0.05) is 19.3 Å². The van der Waals surface area contributed by atoms with Crippen molar-refractivity contribution in [1.29, 1.82) is 0 Å². The first-order valence-electron chi connectivity index (χ1n) is 4.91. The normalized spacial score (nSPS) is 21.7. The molecule has 68 valence electrons. The van der Waals surface area contributed by atoms with E-state index in [0.717, 1.165) is 13.0 Å². The van der Waals surface area contributed by atoms with Crippen molar-refractivity contribution in [3.8, 4) is 12.3 Å². The summed E-state index contributed by atoms with van der Waals surface area (Å²) in [7, 11) is 2.02. The fourth-order valence-corrected chi connectivity index (χ4v) is 2.31. The quantitative estimate of drug-likeness (QED) is 0.632. The van der Waals surface area contributed by atoms with E-state index in [-0.39, 0.29) is 0 Å². The third-order valence-electron chi connectivity index (χ3n) is 2.94. The van der Waals surface area contributed by atoms with E-state index in [2.05, 4.69) is 11.2 Å². The summed E-state index contributed by atoms with van der Waals surface area (Å²) in [5.41, 5.74) is 0.432. The maximum Gasteiger partial charge on any atom is 0.0155 e. The summed E-state index contributed by atoms with van der Waals surface area (Å²) >= 11 is 0. The van der Waals surface area contributed by atoms with Gasteiger partial charge in [0.1, 0.15) is 0 Å². The molecule has 0 aromatic carbocycles. The molecule has 0 aromatic heterocycles. The van der Waals surface area contributed by atoms with Crippen molar-refractivity contribution in [2.24, 2.45) is 5.41 Å². The SMILES string of the molecule is C#CCC1(CNC)CCCCC1. The summed E-state index contributed by atoms with van der Waals surface area (Å²) in [6.07, 6.45) is 13.1. The van der Waals surface area contributed by atoms with Gasteiger partial charge in [0.15, 0.2) is 0 Å². The third kappa shape index (κ3) is 2.25. The number of rotatable bonds is 3. The zero-order valence-corrected chi connectivity index (χ0v) is 8.03. The van der Waals surface area contributed by atoms with Crippen molar-refractivity contribution in [1.82, 2.24) is 5.32 Å². The van der Waals surface area contributed by atoms with E-state index < -0.39 is 0 Å². The van der Waals surface area contributed by atoms with E-state index in [4.69, 9.17) is 6.42 Å². The Morgan fingerprint density at radius 2 is 2.00 bits per heavy atom. The molecule has 1 aliphatic carbocycles. The highest BCUT2D eigenvalue weighted by atomic mass is 14.8. The first kappa shape index (κ1) is 9.61. The minimum absolute atomic E-state index is 0.432. The molecule has 0 amide bonds. The van der Waals surface area contributed by atoms with Crippen molar-refractivity contribution < 1.29 is 0 Å². The van der Waals surface area contributed by atoms with Gasteiger partial charge in [-0.2, -0.15) is 0 Å². The molecule has 0 bridgehead atoms. The zero-order valence-electron chi connectivity index (χ0n) is 8.03. The van der Waals surface area contributed by atoms with Gasteiger partial charge in [0.2, 0.25) is 0 Å². The van der Waals surface area contributed by atoms with Crippen LogP contribution in [0.5, 0.6) is 0 Å². The van der Waals surface area contributed by atoms with Crippen LogP contribution in [0.25, 0.3) is 0 Å². The molecule has 12 heavy (non-hydrogen) atoms. The smallest absolute Gasteiger partial charge is 0.0155 e. The van der Waals surface area contributed by atoms with Gasteiger partial charge in [-0.15, -0.1) is 12.3 Å². The molecule has 0 atom stereocenters. The van der Waals surface area contributed by atoms with Gasteiger partial charge >= 0.3 is 0 Å². The van der Waals surface area contributed by atoms with Crippen LogP contribution in [0.4, 0.5) is 0 Å². The highest BCUT2D eigenvalue weighted by Crippen LogP contribution is 2.38. The van der Waals surface area contributed by atoms with Crippen LogP contribution in [0.2, 0.25) is 0 Å². The Labute approximate surface area is 75.9 Å². The van der Waals surface area contributed by atoms with Crippen LogP contribution in [-0.4, -0.2) is 13.6 Å². The monoisotopic (exact) mass is 165 g/mol. The maximum atomic E-state index is 5.40. The lowest BCUT2D eigenvalue weighted by atomic mass is 9.72. The minimum atomic E-state index is 0.432. The molecule has 0 spiro atoms. The molecule has 1 aliphatic rings. The molecule has 0 heterocycles. The van der Waals surface area contributed by atoms with Gasteiger partial charge < -0.3 is 5.32 Å². The van der Waals surface area contributed by atoms with Crippen molar-refractivity contribution >= 4 is 0 Å². The van der Waals surface area contributed by atoms with Crippen LogP contribution < -0.4 is 5.32 Å². The Morgan fingerprint density at radius 3 is 2.50 bits per heavy atom. The highest BCUT2D eigenvalue weighted by molar-refractivity contribution is 4.96. The fourth-order valence-electron chi connectivity index (χ4n) is 2.31. The Morgan fingerprint density at radius 1 is 1.33 bits per heavy atom. The lowest BCUT2D eigenvalue weighted by Crippen LogP contribution is -2.34. The average Bonchev–Trinajstić information content (AvgIpc) is 2.07. The second-order valence-corrected chi connectivity index (χ2v) is 3.97. The van der Waals surface area contributed by atoms with Crippen LogP contribution in [0.15, 0.2) is 0 Å². The average molecular weight is 165 g/mol. The second-order valence-electron chi connectivity index (χ2n) is 3.97. The molecule has 0 radical (unpaired) electrons. The van der Waals surface area contributed by atoms with Crippen LogP contribution in [0, 0.1) is 17.8 Å². The van der Waals surface area contributed by atoms with Gasteiger partial charge in [0, 0.05) is 13.0 Å². The topological polar surface area (TPSA) is 12.0 Å². The fraction of sp³-hybridized carbons (Fsp3) is 0.818. The maximum absolute atomic E-state index is 5.40. The summed E-state index contributed by atoms with van der Waals surface area (Å²) in [4.78, 5) is 0. The van der Waals surface area contributed by atoms with Crippen molar-refractivity contribution in [3.05, 3.63) is 0 Å². The van der Waals surface area contributed by atoms with E-state index in [0.29, 0.717) is 5.41 Å². The standard InChI is InChI=1S/C11H19N/c1-3-7-11(10-12-2)8-5-4-6-9-11/h1,12H,4-10H2,2H3. The molecule has 1 rings (SSSR count). The predicted octanol–water partition coefficient (Wildman–Crippen LogP) is 2.18. The molecule has 1 N–H and O–H groups in total. The first-order valence-corrected chi connectivity index (χ1v) is 4.91. The Kier molecular flexibility index (Phi) is 3.62. The Bertz CT molecular complexity index is 155. The van der Waals surface area contributed by atoms with E-state index in [1.807, 2.05) is 7.05 Å². The molecule has 0 unspecified atom stereocenters. The summed E-state index contributed by atoms with van der Waals surface area (Å²) in [6.45, 7) is 1.09. The molecule has 0 aromatic rings. The molecular weight excluding hydrogens is 146 g/mol. The van der Waals surface area contributed by atoms with Crippen LogP contribution in [0.1, 0.15) is 38.5 Å². The van der Waals surface area contributed by atoms with Gasteiger partial charge in [0.25, 0.3) is 0 Å². The summed E-state index contributed by atoms with van der Waals surface area (Å²) in [6, 6.07) is 0. The van der Waals surface area contributed by atoms with Crippen molar-refractivity contribution in [2.45, 2.75) is 38.5 Å². The molecule has 1 fully saturated rings. The largest absolute Gasteiger partial charge is 0.319 e. The summed E-state index contributed by atoms with van der Waals surface area (Å²) < 4.78 is 0. The third-order valence-corrected chi connectivity index (χ3v) is 2.94. The van der Waals surface area contributed by atoms with E-state index >= 15 is 0 Å². The number of nitrogens with one attached hydrogen (secondary N) is 1. The van der Waals surface area contributed by atoms with E-state index in [1.165, 1.54) is 32.1 Å². The Hall–Kier alpha value is -0.480. The van der Waals surface area contributed by atoms with Gasteiger partial charge in [-0.25, -0.2) is 0 Å². The second kappa shape index (κ2) is 4.52. The van der Waals surface area contributed by atoms with E-state index in [9.17, 15) is 0 Å². The van der Waals surface area contributed by atoms with Gasteiger partial charge in [-0.05, 0) is 25.3 Å². The van der Waals surface area contributed by atoms with Crippen LogP contribution in [-0.2, 0) is 0 Å². The van der Waals surface area contributed by atoms with Gasteiger partial charge in [-0.3, -0.25) is 0 Å². The molecule has 1 saturated carbocycles. The summed E-state index contributed by atoms with van der Waals surface area (Å²) in [5.74, 6) is 2.82. The number of hydrogen-bond acceptors (Lipinski definition) is 1.